The number of ether oxygens (including phenoxy) is 1. The molecule has 192 valence electrons. The average molecular weight is 519 g/mol. The van der Waals surface area contributed by atoms with Crippen molar-refractivity contribution in [3.05, 3.63) is 71.8 Å². The molecule has 2 aromatic rings. The van der Waals surface area contributed by atoms with Crippen molar-refractivity contribution in [2.75, 3.05) is 25.7 Å². The average Bonchev–Trinajstić information content (AvgIpc) is 2.86. The Balaban J connectivity index is 0.000000247. The Morgan fingerprint density at radius 1 is 1.06 bits per heavy atom. The maximum absolute atomic E-state index is 12.8. The molecule has 35 heavy (non-hydrogen) atoms. The lowest BCUT2D eigenvalue weighted by Crippen LogP contribution is -2.52. The van der Waals surface area contributed by atoms with Crippen LogP contribution >= 0.6 is 11.6 Å². The second-order valence-corrected chi connectivity index (χ2v) is 7.92. The SMILES string of the molecule is O=C(CCl)N(Cc1ccccc1)[C@@H](CO)C(F)F.O=C1COC[C@@H](C(F)F)N1Cc1ccccc1. The number of carbonyl (C=O) groups excluding carboxylic acids is 2. The number of rotatable bonds is 9. The Kier molecular flexibility index (Phi) is 11.9. The molecule has 0 bridgehead atoms. The van der Waals surface area contributed by atoms with E-state index in [0.717, 1.165) is 10.5 Å². The summed E-state index contributed by atoms with van der Waals surface area (Å²) in [4.78, 5) is 25.3. The monoisotopic (exact) mass is 518 g/mol. The molecule has 0 spiro atoms. The Bertz CT molecular complexity index is 909. The molecule has 2 amide bonds. The Morgan fingerprint density at radius 2 is 1.63 bits per heavy atom. The molecular weight excluding hydrogens is 492 g/mol. The van der Waals surface area contributed by atoms with Gasteiger partial charge in [-0.05, 0) is 11.1 Å². The molecule has 0 aromatic heterocycles. The lowest BCUT2D eigenvalue weighted by Gasteiger charge is -2.34. The lowest BCUT2D eigenvalue weighted by molar-refractivity contribution is -0.157. The van der Waals surface area contributed by atoms with Gasteiger partial charge in [-0.2, -0.15) is 0 Å². The van der Waals surface area contributed by atoms with Crippen molar-refractivity contribution in [1.82, 2.24) is 9.80 Å². The van der Waals surface area contributed by atoms with E-state index in [2.05, 4.69) is 0 Å². The van der Waals surface area contributed by atoms with Gasteiger partial charge in [-0.1, -0.05) is 60.7 Å². The van der Waals surface area contributed by atoms with Gasteiger partial charge < -0.3 is 19.6 Å². The van der Waals surface area contributed by atoms with Crippen LogP contribution in [0.2, 0.25) is 0 Å². The highest BCUT2D eigenvalue weighted by Gasteiger charge is 2.35. The Labute approximate surface area is 206 Å². The number of benzene rings is 2. The Morgan fingerprint density at radius 3 is 2.11 bits per heavy atom. The van der Waals surface area contributed by atoms with Crippen LogP contribution in [0.4, 0.5) is 17.6 Å². The first kappa shape index (κ1) is 28.5. The normalized spacial score (nSPS) is 16.6. The van der Waals surface area contributed by atoms with Gasteiger partial charge in [0.15, 0.2) is 0 Å². The number of amides is 2. The van der Waals surface area contributed by atoms with Crippen LogP contribution in [0.25, 0.3) is 0 Å². The number of hydrogen-bond acceptors (Lipinski definition) is 4. The number of carbonyl (C=O) groups is 2. The molecule has 3 rings (SSSR count). The molecule has 1 fully saturated rings. The molecule has 0 radical (unpaired) electrons. The summed E-state index contributed by atoms with van der Waals surface area (Å²) in [5.41, 5.74) is 1.54. The second-order valence-electron chi connectivity index (χ2n) is 7.65. The quantitative estimate of drug-likeness (QED) is 0.407. The van der Waals surface area contributed by atoms with E-state index in [4.69, 9.17) is 21.4 Å². The maximum Gasteiger partial charge on any atom is 0.260 e. The van der Waals surface area contributed by atoms with E-state index in [1.807, 2.05) is 30.3 Å². The fourth-order valence-electron chi connectivity index (χ4n) is 3.38. The van der Waals surface area contributed by atoms with Gasteiger partial charge in [0.2, 0.25) is 11.8 Å². The maximum atomic E-state index is 12.8. The third kappa shape index (κ3) is 8.79. The number of alkyl halides is 5. The highest BCUT2D eigenvalue weighted by atomic mass is 35.5. The van der Waals surface area contributed by atoms with Crippen LogP contribution < -0.4 is 0 Å². The third-order valence-electron chi connectivity index (χ3n) is 5.23. The third-order valence-corrected chi connectivity index (χ3v) is 5.46. The number of morpholine rings is 1. The molecule has 2 aromatic carbocycles. The van der Waals surface area contributed by atoms with Crippen molar-refractivity contribution in [2.24, 2.45) is 0 Å². The van der Waals surface area contributed by atoms with Gasteiger partial charge in [0.1, 0.15) is 24.6 Å². The highest BCUT2D eigenvalue weighted by Crippen LogP contribution is 2.18. The number of halogens is 5. The van der Waals surface area contributed by atoms with Crippen molar-refractivity contribution in [1.29, 1.82) is 0 Å². The van der Waals surface area contributed by atoms with E-state index >= 15 is 0 Å². The summed E-state index contributed by atoms with van der Waals surface area (Å²) in [6.45, 7) is -0.806. The number of hydrogen-bond donors (Lipinski definition) is 1. The zero-order chi connectivity index (χ0) is 25.8. The van der Waals surface area contributed by atoms with E-state index in [1.165, 1.54) is 4.90 Å². The summed E-state index contributed by atoms with van der Waals surface area (Å²) in [7, 11) is 0. The van der Waals surface area contributed by atoms with Crippen molar-refractivity contribution >= 4 is 23.4 Å². The zero-order valence-electron chi connectivity index (χ0n) is 18.8. The first-order valence-electron chi connectivity index (χ1n) is 10.8. The van der Waals surface area contributed by atoms with Gasteiger partial charge in [0.25, 0.3) is 12.9 Å². The molecule has 11 heteroatoms. The van der Waals surface area contributed by atoms with E-state index in [-0.39, 0.29) is 32.2 Å². The minimum Gasteiger partial charge on any atom is -0.394 e. The van der Waals surface area contributed by atoms with Crippen molar-refractivity contribution < 1.29 is 37.0 Å². The van der Waals surface area contributed by atoms with E-state index in [0.29, 0.717) is 5.56 Å². The lowest BCUT2D eigenvalue weighted by atomic mass is 10.1. The molecule has 0 unspecified atom stereocenters. The summed E-state index contributed by atoms with van der Waals surface area (Å²) in [6.07, 6.45) is -5.39. The predicted molar refractivity (Wildman–Crippen MR) is 122 cm³/mol. The fraction of sp³-hybridized carbons (Fsp3) is 0.417. The number of nitrogens with zero attached hydrogens (tertiary/aromatic N) is 2. The first-order chi connectivity index (χ1) is 16.8. The predicted octanol–water partition coefficient (Wildman–Crippen LogP) is 3.56. The summed E-state index contributed by atoms with van der Waals surface area (Å²) in [5.74, 6) is -1.40. The zero-order valence-corrected chi connectivity index (χ0v) is 19.5. The van der Waals surface area contributed by atoms with Gasteiger partial charge in [0.05, 0.1) is 13.2 Å². The molecule has 1 heterocycles. The standard InChI is InChI=1S/C12H14ClF2NO2.C12H13F2NO2/c13-6-11(18)16(10(8-17)12(14)15)7-9-4-2-1-3-5-9;13-12(14)10-7-17-8-11(16)15(10)6-9-4-2-1-3-5-9/h1-5,10,12,17H,6-8H2;1-5,10,12H,6-8H2/t2*10-/m00/s1. The fourth-order valence-corrected chi connectivity index (χ4v) is 3.53. The summed E-state index contributed by atoms with van der Waals surface area (Å²) >= 11 is 5.40. The van der Waals surface area contributed by atoms with Gasteiger partial charge >= 0.3 is 0 Å². The van der Waals surface area contributed by atoms with Crippen LogP contribution in [0.5, 0.6) is 0 Å². The van der Waals surface area contributed by atoms with E-state index in [1.54, 1.807) is 30.3 Å². The van der Waals surface area contributed by atoms with Crippen LogP contribution in [-0.4, -0.2) is 77.4 Å². The summed E-state index contributed by atoms with van der Waals surface area (Å²) in [6, 6.07) is 15.1. The molecule has 1 saturated heterocycles. The second kappa shape index (κ2) is 14.7. The van der Waals surface area contributed by atoms with Gasteiger partial charge in [-0.15, -0.1) is 11.6 Å². The smallest absolute Gasteiger partial charge is 0.260 e. The van der Waals surface area contributed by atoms with Crippen LogP contribution in [0.15, 0.2) is 60.7 Å². The minimum atomic E-state index is -2.81. The Hall–Kier alpha value is -2.69. The van der Waals surface area contributed by atoms with Crippen LogP contribution in [0.1, 0.15) is 11.1 Å². The van der Waals surface area contributed by atoms with Gasteiger partial charge in [-0.25, -0.2) is 17.6 Å². The molecule has 6 nitrogen and oxygen atoms in total. The van der Waals surface area contributed by atoms with Crippen LogP contribution in [0, 0.1) is 0 Å². The van der Waals surface area contributed by atoms with Crippen LogP contribution in [-0.2, 0) is 27.4 Å². The number of aliphatic hydroxyl groups excluding tert-OH is 1. The molecule has 1 N–H and O–H groups in total. The van der Waals surface area contributed by atoms with Crippen molar-refractivity contribution in [3.63, 3.8) is 0 Å². The molecule has 0 saturated carbocycles. The number of aliphatic hydroxyl groups is 1. The van der Waals surface area contributed by atoms with Gasteiger partial charge in [0, 0.05) is 13.1 Å². The molecule has 1 aliphatic rings. The molecule has 2 atom stereocenters. The van der Waals surface area contributed by atoms with Crippen LogP contribution in [0.3, 0.4) is 0 Å². The highest BCUT2D eigenvalue weighted by molar-refractivity contribution is 6.27. The molecule has 1 aliphatic heterocycles. The van der Waals surface area contributed by atoms with Gasteiger partial charge in [-0.3, -0.25) is 9.59 Å². The van der Waals surface area contributed by atoms with E-state index < -0.39 is 43.3 Å². The molecule has 0 aliphatic carbocycles. The largest absolute Gasteiger partial charge is 0.394 e. The molecular formula is C24H27ClF4N2O4. The first-order valence-corrected chi connectivity index (χ1v) is 11.3. The summed E-state index contributed by atoms with van der Waals surface area (Å²) in [5, 5.41) is 8.97. The van der Waals surface area contributed by atoms with E-state index in [9.17, 15) is 27.2 Å². The minimum absolute atomic E-state index is 0.00194. The van der Waals surface area contributed by atoms with Crippen molar-refractivity contribution in [3.8, 4) is 0 Å². The topological polar surface area (TPSA) is 70.1 Å². The van der Waals surface area contributed by atoms with Crippen molar-refractivity contribution in [2.45, 2.75) is 38.0 Å². The summed E-state index contributed by atoms with van der Waals surface area (Å²) < 4.78 is 55.9.